The van der Waals surface area contributed by atoms with E-state index in [1.54, 1.807) is 0 Å². The van der Waals surface area contributed by atoms with E-state index in [2.05, 4.69) is 40.4 Å². The summed E-state index contributed by atoms with van der Waals surface area (Å²) in [5.41, 5.74) is 5.75. The molecule has 4 heterocycles. The van der Waals surface area contributed by atoms with Crippen LogP contribution in [-0.2, 0) is 0 Å². The summed E-state index contributed by atoms with van der Waals surface area (Å²) < 4.78 is 7.32. The van der Waals surface area contributed by atoms with E-state index in [4.69, 9.17) is 14.6 Å². The van der Waals surface area contributed by atoms with E-state index in [9.17, 15) is 0 Å². The van der Waals surface area contributed by atoms with Gasteiger partial charge in [-0.2, -0.15) is 14.6 Å². The minimum Gasteiger partial charge on any atom is -0.363 e. The van der Waals surface area contributed by atoms with Crippen molar-refractivity contribution in [3.63, 3.8) is 0 Å². The molecule has 0 unspecified atom stereocenters. The molecule has 0 aliphatic rings. The molecule has 0 aliphatic heterocycles. The van der Waals surface area contributed by atoms with Crippen molar-refractivity contribution in [1.82, 2.24) is 29.7 Å². The van der Waals surface area contributed by atoms with Crippen LogP contribution in [0.4, 0.5) is 11.6 Å². The molecule has 9 heteroatoms. The number of aromatic nitrogens is 6. The highest BCUT2D eigenvalue weighted by molar-refractivity contribution is 5.83. The predicted molar refractivity (Wildman–Crippen MR) is 125 cm³/mol. The maximum Gasteiger partial charge on any atom is 0.249 e. The number of rotatable bonds is 7. The van der Waals surface area contributed by atoms with Crippen LogP contribution in [0, 0.1) is 27.7 Å². The fourth-order valence-electron chi connectivity index (χ4n) is 3.89. The van der Waals surface area contributed by atoms with Crippen LogP contribution in [0.25, 0.3) is 16.8 Å². The third kappa shape index (κ3) is 4.02. The molecule has 4 aromatic heterocycles. The third-order valence-electron chi connectivity index (χ3n) is 5.46. The van der Waals surface area contributed by atoms with Crippen molar-refractivity contribution >= 4 is 17.3 Å². The van der Waals surface area contributed by atoms with Gasteiger partial charge in [0.25, 0.3) is 0 Å². The Balaban J connectivity index is 1.82. The molecule has 0 bridgehead atoms. The summed E-state index contributed by atoms with van der Waals surface area (Å²) >= 11 is 0. The van der Waals surface area contributed by atoms with Gasteiger partial charge in [-0.25, -0.2) is 9.97 Å². The normalized spacial score (nSPS) is 12.3. The van der Waals surface area contributed by atoms with Gasteiger partial charge in [0.1, 0.15) is 17.7 Å². The van der Waals surface area contributed by atoms with Crippen LogP contribution in [0.15, 0.2) is 22.9 Å². The summed E-state index contributed by atoms with van der Waals surface area (Å²) in [5, 5.41) is 12.4. The highest BCUT2D eigenvalue weighted by atomic mass is 16.5. The molecule has 168 valence electrons. The van der Waals surface area contributed by atoms with Crippen molar-refractivity contribution in [2.75, 3.05) is 24.3 Å². The van der Waals surface area contributed by atoms with Gasteiger partial charge in [-0.3, -0.25) is 0 Å². The quantitative estimate of drug-likeness (QED) is 0.456. The van der Waals surface area contributed by atoms with E-state index in [1.165, 1.54) is 0 Å². The van der Waals surface area contributed by atoms with Crippen LogP contribution < -0.4 is 10.2 Å². The topological polar surface area (TPSA) is 97.3 Å². The number of pyridine rings is 1. The van der Waals surface area contributed by atoms with Gasteiger partial charge in [0, 0.05) is 37.6 Å². The van der Waals surface area contributed by atoms with Crippen molar-refractivity contribution in [2.45, 2.75) is 53.5 Å². The SMILES string of the molecule is CCC[C@@H](Nc1cc(C)nc2c(-c3cnc(N(C)C)cc3C)c(C)nn12)c1nc(C)no1. The van der Waals surface area contributed by atoms with Crippen LogP contribution in [-0.4, -0.2) is 43.8 Å². The lowest BCUT2D eigenvalue weighted by Gasteiger charge is -2.17. The molecule has 0 radical (unpaired) electrons. The molecule has 0 saturated carbocycles. The number of nitrogens with one attached hydrogen (secondary N) is 1. The molecule has 0 aromatic carbocycles. The first kappa shape index (κ1) is 21.7. The van der Waals surface area contributed by atoms with Crippen molar-refractivity contribution < 1.29 is 4.52 Å². The molecule has 4 aromatic rings. The standard InChI is InChI=1S/C23H30N8O/c1-8-9-18(23-26-16(5)29-32-23)27-20-11-14(3)25-22-21(15(4)28-31(20)22)17-12-24-19(30(6)7)10-13(17)2/h10-12,18,27H,8-9H2,1-7H3/t18-/m1/s1. The summed E-state index contributed by atoms with van der Waals surface area (Å²) in [5.74, 6) is 2.96. The zero-order chi connectivity index (χ0) is 23.0. The molecule has 0 amide bonds. The Hall–Kier alpha value is -3.49. The summed E-state index contributed by atoms with van der Waals surface area (Å²) in [6.45, 7) is 10.0. The molecule has 0 spiro atoms. The second kappa shape index (κ2) is 8.57. The van der Waals surface area contributed by atoms with Crippen molar-refractivity contribution in [1.29, 1.82) is 0 Å². The maximum atomic E-state index is 5.46. The minimum atomic E-state index is -0.109. The second-order valence-corrected chi connectivity index (χ2v) is 8.40. The lowest BCUT2D eigenvalue weighted by molar-refractivity contribution is 0.352. The minimum absolute atomic E-state index is 0.109. The molecule has 0 saturated heterocycles. The van der Waals surface area contributed by atoms with E-state index in [1.807, 2.05) is 56.5 Å². The Morgan fingerprint density at radius 2 is 1.91 bits per heavy atom. The molecule has 1 N–H and O–H groups in total. The first-order valence-corrected chi connectivity index (χ1v) is 10.9. The van der Waals surface area contributed by atoms with Crippen LogP contribution in [0.1, 0.15) is 54.5 Å². The van der Waals surface area contributed by atoms with E-state index in [-0.39, 0.29) is 6.04 Å². The van der Waals surface area contributed by atoms with Crippen LogP contribution >= 0.6 is 0 Å². The smallest absolute Gasteiger partial charge is 0.249 e. The summed E-state index contributed by atoms with van der Waals surface area (Å²) in [7, 11) is 3.98. The Morgan fingerprint density at radius 1 is 1.12 bits per heavy atom. The van der Waals surface area contributed by atoms with Gasteiger partial charge in [-0.05, 0) is 45.7 Å². The van der Waals surface area contributed by atoms with E-state index in [0.29, 0.717) is 11.7 Å². The lowest BCUT2D eigenvalue weighted by atomic mass is 10.0. The van der Waals surface area contributed by atoms with Gasteiger partial charge in [0.05, 0.1) is 11.3 Å². The van der Waals surface area contributed by atoms with Gasteiger partial charge < -0.3 is 14.7 Å². The van der Waals surface area contributed by atoms with E-state index >= 15 is 0 Å². The molecule has 9 nitrogen and oxygen atoms in total. The Bertz CT molecular complexity index is 1260. The van der Waals surface area contributed by atoms with Gasteiger partial charge in [-0.15, -0.1) is 0 Å². The van der Waals surface area contributed by atoms with Gasteiger partial charge >= 0.3 is 0 Å². The first-order chi connectivity index (χ1) is 15.3. The van der Waals surface area contributed by atoms with Gasteiger partial charge in [0.2, 0.25) is 5.89 Å². The Labute approximate surface area is 187 Å². The average molecular weight is 435 g/mol. The highest BCUT2D eigenvalue weighted by Crippen LogP contribution is 2.33. The number of hydrogen-bond acceptors (Lipinski definition) is 8. The summed E-state index contributed by atoms with van der Waals surface area (Å²) in [6, 6.07) is 3.97. The average Bonchev–Trinajstić information content (AvgIpc) is 3.30. The zero-order valence-electron chi connectivity index (χ0n) is 19.8. The molecule has 4 rings (SSSR count). The van der Waals surface area contributed by atoms with Crippen LogP contribution in [0.5, 0.6) is 0 Å². The summed E-state index contributed by atoms with van der Waals surface area (Å²) in [6.07, 6.45) is 3.73. The molecule has 1 atom stereocenters. The van der Waals surface area contributed by atoms with Crippen molar-refractivity contribution in [3.05, 3.63) is 47.0 Å². The second-order valence-electron chi connectivity index (χ2n) is 8.40. The van der Waals surface area contributed by atoms with E-state index < -0.39 is 0 Å². The number of fused-ring (bicyclic) bond motifs is 1. The first-order valence-electron chi connectivity index (χ1n) is 10.9. The molecule has 0 aliphatic carbocycles. The highest BCUT2D eigenvalue weighted by Gasteiger charge is 2.22. The molecular weight excluding hydrogens is 404 g/mol. The Kier molecular flexibility index (Phi) is 5.82. The van der Waals surface area contributed by atoms with Crippen molar-refractivity contribution in [2.24, 2.45) is 0 Å². The molecular formula is C23H30N8O. The summed E-state index contributed by atoms with van der Waals surface area (Å²) in [4.78, 5) is 15.9. The Morgan fingerprint density at radius 3 is 2.53 bits per heavy atom. The zero-order valence-corrected chi connectivity index (χ0v) is 19.8. The predicted octanol–water partition coefficient (Wildman–Crippen LogP) is 4.43. The van der Waals surface area contributed by atoms with Crippen LogP contribution in [0.3, 0.4) is 0 Å². The van der Waals surface area contributed by atoms with Crippen molar-refractivity contribution in [3.8, 4) is 11.1 Å². The third-order valence-corrected chi connectivity index (χ3v) is 5.46. The number of anilines is 2. The van der Waals surface area contributed by atoms with Gasteiger partial charge in [0.15, 0.2) is 11.5 Å². The van der Waals surface area contributed by atoms with Gasteiger partial charge in [-0.1, -0.05) is 18.5 Å². The number of nitrogens with zero attached hydrogens (tertiary/aromatic N) is 7. The fourth-order valence-corrected chi connectivity index (χ4v) is 3.89. The number of hydrogen-bond donors (Lipinski definition) is 1. The number of aryl methyl sites for hydroxylation is 4. The maximum absolute atomic E-state index is 5.46. The monoisotopic (exact) mass is 434 g/mol. The van der Waals surface area contributed by atoms with E-state index in [0.717, 1.165) is 58.2 Å². The lowest BCUT2D eigenvalue weighted by Crippen LogP contribution is -2.14. The van der Waals surface area contributed by atoms with Crippen LogP contribution in [0.2, 0.25) is 0 Å². The fraction of sp³-hybridized carbons (Fsp3) is 0.435. The molecule has 0 fully saturated rings. The largest absolute Gasteiger partial charge is 0.363 e. The molecule has 32 heavy (non-hydrogen) atoms.